The van der Waals surface area contributed by atoms with Crippen molar-refractivity contribution in [1.82, 2.24) is 15.2 Å². The van der Waals surface area contributed by atoms with Gasteiger partial charge in [0.25, 0.3) is 5.91 Å². The van der Waals surface area contributed by atoms with Gasteiger partial charge in [0.1, 0.15) is 5.69 Å². The third-order valence-corrected chi connectivity index (χ3v) is 4.05. The average Bonchev–Trinajstić information content (AvgIpc) is 3.03. The van der Waals surface area contributed by atoms with Crippen LogP contribution in [0.25, 0.3) is 11.1 Å². The van der Waals surface area contributed by atoms with Gasteiger partial charge in [-0.15, -0.1) is 0 Å². The number of nitrogens with zero attached hydrogens (tertiary/aromatic N) is 2. The van der Waals surface area contributed by atoms with Crippen molar-refractivity contribution in [2.24, 2.45) is 0 Å². The molecular weight excluding hydrogens is 308 g/mol. The molecule has 0 saturated carbocycles. The molecule has 2 heterocycles. The highest BCUT2D eigenvalue weighted by Gasteiger charge is 2.25. The molecule has 7 heteroatoms. The van der Waals surface area contributed by atoms with E-state index >= 15 is 0 Å². The Kier molecular flexibility index (Phi) is 4.20. The lowest BCUT2D eigenvalue weighted by atomic mass is 10.1. The van der Waals surface area contributed by atoms with Gasteiger partial charge in [0, 0.05) is 24.8 Å². The largest absolute Gasteiger partial charge is 0.465 e. The molecule has 122 valence electrons. The fourth-order valence-electron chi connectivity index (χ4n) is 2.88. The topological polar surface area (TPSA) is 107 Å². The van der Waals surface area contributed by atoms with Gasteiger partial charge in [0.2, 0.25) is 0 Å². The molecule has 1 aromatic heterocycles. The van der Waals surface area contributed by atoms with Crippen LogP contribution in [-0.4, -0.2) is 34.8 Å². The fourth-order valence-corrected chi connectivity index (χ4v) is 2.88. The van der Waals surface area contributed by atoms with E-state index in [-0.39, 0.29) is 11.9 Å². The molecule has 0 spiro atoms. The van der Waals surface area contributed by atoms with Crippen LogP contribution in [0.15, 0.2) is 36.5 Å². The maximum absolute atomic E-state index is 12.1. The summed E-state index contributed by atoms with van der Waals surface area (Å²) in [6.07, 6.45) is 1.40. The van der Waals surface area contributed by atoms with Gasteiger partial charge in [-0.05, 0) is 30.2 Å². The number of aromatic nitrogens is 1. The van der Waals surface area contributed by atoms with Crippen LogP contribution >= 0.6 is 0 Å². The van der Waals surface area contributed by atoms with Gasteiger partial charge < -0.3 is 20.3 Å². The van der Waals surface area contributed by atoms with Crippen molar-refractivity contribution in [3.8, 4) is 17.2 Å². The van der Waals surface area contributed by atoms with E-state index in [0.717, 1.165) is 11.1 Å². The quantitative estimate of drug-likeness (QED) is 0.799. The van der Waals surface area contributed by atoms with E-state index in [0.29, 0.717) is 30.8 Å². The number of benzene rings is 1. The van der Waals surface area contributed by atoms with Crippen molar-refractivity contribution in [3.63, 3.8) is 0 Å². The molecule has 24 heavy (non-hydrogen) atoms. The SMILES string of the molecule is N#Cc1cccc(-c2cc3n(c2)C(CCNC(=O)O)CNC3=O)c1. The first-order chi connectivity index (χ1) is 11.6. The van der Waals surface area contributed by atoms with Crippen LogP contribution in [-0.2, 0) is 0 Å². The first-order valence-corrected chi connectivity index (χ1v) is 7.56. The second-order valence-corrected chi connectivity index (χ2v) is 5.60. The molecular formula is C17H16N4O3. The number of hydrogen-bond donors (Lipinski definition) is 3. The monoisotopic (exact) mass is 324 g/mol. The molecule has 3 N–H and O–H groups in total. The van der Waals surface area contributed by atoms with E-state index in [9.17, 15) is 9.59 Å². The predicted molar refractivity (Wildman–Crippen MR) is 86.6 cm³/mol. The van der Waals surface area contributed by atoms with Crippen LogP contribution in [0.3, 0.4) is 0 Å². The van der Waals surface area contributed by atoms with Crippen molar-refractivity contribution in [1.29, 1.82) is 5.26 Å². The predicted octanol–water partition coefficient (Wildman–Crippen LogP) is 1.97. The van der Waals surface area contributed by atoms with Crippen molar-refractivity contribution in [2.45, 2.75) is 12.5 Å². The van der Waals surface area contributed by atoms with Crippen LogP contribution in [0, 0.1) is 11.3 Å². The van der Waals surface area contributed by atoms with E-state index < -0.39 is 6.09 Å². The summed E-state index contributed by atoms with van der Waals surface area (Å²) in [5.74, 6) is -0.153. The number of carbonyl (C=O) groups excluding carboxylic acids is 1. The lowest BCUT2D eigenvalue weighted by Gasteiger charge is -2.26. The second kappa shape index (κ2) is 6.46. The van der Waals surface area contributed by atoms with Crippen LogP contribution < -0.4 is 10.6 Å². The van der Waals surface area contributed by atoms with Gasteiger partial charge in [-0.3, -0.25) is 4.79 Å². The first kappa shape index (κ1) is 15.6. The maximum Gasteiger partial charge on any atom is 0.404 e. The molecule has 1 aromatic carbocycles. The third-order valence-electron chi connectivity index (χ3n) is 4.05. The second-order valence-electron chi connectivity index (χ2n) is 5.60. The Morgan fingerprint density at radius 3 is 3.00 bits per heavy atom. The number of carboxylic acid groups (broad SMARTS) is 1. The number of carbonyl (C=O) groups is 2. The molecule has 1 atom stereocenters. The zero-order valence-corrected chi connectivity index (χ0v) is 12.8. The fraction of sp³-hybridized carbons (Fsp3) is 0.235. The summed E-state index contributed by atoms with van der Waals surface area (Å²) in [5.41, 5.74) is 2.82. The molecule has 0 fully saturated rings. The van der Waals surface area contributed by atoms with Crippen molar-refractivity contribution in [3.05, 3.63) is 47.8 Å². The van der Waals surface area contributed by atoms with Gasteiger partial charge >= 0.3 is 6.09 Å². The summed E-state index contributed by atoms with van der Waals surface area (Å²) < 4.78 is 1.89. The molecule has 2 amide bonds. The number of rotatable bonds is 4. The van der Waals surface area contributed by atoms with Crippen molar-refractivity contribution < 1.29 is 14.7 Å². The first-order valence-electron chi connectivity index (χ1n) is 7.56. The molecule has 1 aliphatic heterocycles. The van der Waals surface area contributed by atoms with Gasteiger partial charge in [0.15, 0.2) is 0 Å². The summed E-state index contributed by atoms with van der Waals surface area (Å²) in [5, 5.41) is 22.9. The zero-order chi connectivity index (χ0) is 17.1. The molecule has 0 radical (unpaired) electrons. The lowest BCUT2D eigenvalue weighted by molar-refractivity contribution is 0.0912. The van der Waals surface area contributed by atoms with Crippen LogP contribution in [0.4, 0.5) is 4.79 Å². The van der Waals surface area contributed by atoms with E-state index in [1.807, 2.05) is 16.8 Å². The molecule has 3 rings (SSSR count). The number of nitriles is 1. The molecule has 0 saturated heterocycles. The van der Waals surface area contributed by atoms with Crippen LogP contribution in [0.2, 0.25) is 0 Å². The minimum absolute atomic E-state index is 0.0163. The Labute approximate surface area is 138 Å². The minimum Gasteiger partial charge on any atom is -0.465 e. The summed E-state index contributed by atoms with van der Waals surface area (Å²) in [4.78, 5) is 22.7. The molecule has 2 aromatic rings. The van der Waals surface area contributed by atoms with Crippen LogP contribution in [0.1, 0.15) is 28.5 Å². The molecule has 7 nitrogen and oxygen atoms in total. The normalized spacial score (nSPS) is 16.0. The van der Waals surface area contributed by atoms with Gasteiger partial charge in [0.05, 0.1) is 17.7 Å². The number of fused-ring (bicyclic) bond motifs is 1. The van der Waals surface area contributed by atoms with Gasteiger partial charge in [-0.2, -0.15) is 5.26 Å². The van der Waals surface area contributed by atoms with Gasteiger partial charge in [-0.25, -0.2) is 4.79 Å². The smallest absolute Gasteiger partial charge is 0.404 e. The highest BCUT2D eigenvalue weighted by Crippen LogP contribution is 2.28. The minimum atomic E-state index is -1.06. The van der Waals surface area contributed by atoms with Crippen molar-refractivity contribution in [2.75, 3.05) is 13.1 Å². The number of hydrogen-bond acceptors (Lipinski definition) is 3. The van der Waals surface area contributed by atoms with Crippen LogP contribution in [0.5, 0.6) is 0 Å². The number of amides is 2. The van der Waals surface area contributed by atoms with Gasteiger partial charge in [-0.1, -0.05) is 12.1 Å². The van der Waals surface area contributed by atoms with E-state index in [1.54, 1.807) is 24.3 Å². The Morgan fingerprint density at radius 1 is 1.42 bits per heavy atom. The number of nitrogens with one attached hydrogen (secondary N) is 2. The average molecular weight is 324 g/mol. The third kappa shape index (κ3) is 3.08. The maximum atomic E-state index is 12.1. The Balaban J connectivity index is 1.89. The van der Waals surface area contributed by atoms with Crippen molar-refractivity contribution >= 4 is 12.0 Å². The molecule has 0 bridgehead atoms. The summed E-state index contributed by atoms with van der Waals surface area (Å²) in [6, 6.07) is 11.1. The highest BCUT2D eigenvalue weighted by atomic mass is 16.4. The Morgan fingerprint density at radius 2 is 2.25 bits per heavy atom. The van der Waals surface area contributed by atoms with E-state index in [2.05, 4.69) is 16.7 Å². The lowest BCUT2D eigenvalue weighted by Crippen LogP contribution is -2.39. The Bertz CT molecular complexity index is 835. The highest BCUT2D eigenvalue weighted by molar-refractivity contribution is 5.95. The standard InChI is InChI=1S/C17H16N4O3/c18-8-11-2-1-3-12(6-11)13-7-15-16(22)20-9-14(21(15)10-13)4-5-19-17(23)24/h1-3,6-7,10,14,19H,4-5,9H2,(H,20,22)(H,23,24). The summed E-state index contributed by atoms with van der Waals surface area (Å²) >= 11 is 0. The molecule has 1 aliphatic rings. The van der Waals surface area contributed by atoms with E-state index in [4.69, 9.17) is 10.4 Å². The Hall–Kier alpha value is -3.27. The van der Waals surface area contributed by atoms with E-state index in [1.165, 1.54) is 0 Å². The molecule has 0 aliphatic carbocycles. The summed E-state index contributed by atoms with van der Waals surface area (Å²) in [7, 11) is 0. The zero-order valence-electron chi connectivity index (χ0n) is 12.8. The molecule has 1 unspecified atom stereocenters. The summed E-state index contributed by atoms with van der Waals surface area (Å²) in [6.45, 7) is 0.770.